The Morgan fingerprint density at radius 3 is 2.60 bits per heavy atom. The number of pyridine rings is 1. The van der Waals surface area contributed by atoms with Gasteiger partial charge in [0.1, 0.15) is 10.8 Å². The monoisotopic (exact) mass is 585 g/mol. The smallest absolute Gasteiger partial charge is 0.253 e. The molecule has 9 nitrogen and oxygen atoms in total. The average Bonchev–Trinajstić information content (AvgIpc) is 2.99. The van der Waals surface area contributed by atoms with Crippen LogP contribution in [0, 0.1) is 11.7 Å². The number of nitrogens with one attached hydrogen (secondary N) is 3. The Hall–Kier alpha value is -4.57. The summed E-state index contributed by atoms with van der Waals surface area (Å²) in [6.07, 6.45) is 8.30. The van der Waals surface area contributed by atoms with Crippen LogP contribution >= 0.6 is 11.6 Å². The number of carbonyl (C=O) groups excluding carboxylic acids is 2. The van der Waals surface area contributed by atoms with E-state index in [0.29, 0.717) is 54.7 Å². The molecule has 42 heavy (non-hydrogen) atoms. The molecular weight excluding hydrogens is 557 g/mol. The fourth-order valence-corrected chi connectivity index (χ4v) is 5.47. The van der Waals surface area contributed by atoms with Crippen molar-refractivity contribution in [2.24, 2.45) is 5.92 Å². The van der Waals surface area contributed by atoms with Crippen molar-refractivity contribution in [3.05, 3.63) is 94.7 Å². The summed E-state index contributed by atoms with van der Waals surface area (Å²) in [5, 5.41) is 9.95. The first-order chi connectivity index (χ1) is 20.4. The minimum Gasteiger partial charge on any atom is -0.339 e. The average molecular weight is 586 g/mol. The predicted octanol–water partition coefficient (Wildman–Crippen LogP) is 6.13. The van der Waals surface area contributed by atoms with Crippen LogP contribution in [0.3, 0.4) is 0 Å². The van der Waals surface area contributed by atoms with E-state index in [0.717, 1.165) is 41.0 Å². The highest BCUT2D eigenvalue weighted by Gasteiger charge is 2.25. The van der Waals surface area contributed by atoms with Gasteiger partial charge in [-0.2, -0.15) is 4.98 Å². The highest BCUT2D eigenvalue weighted by molar-refractivity contribution is 6.32. The number of nitrogens with zero attached hydrogens (tertiary/aromatic N) is 4. The molecule has 2 amide bonds. The molecular formula is C31H29ClFN7O2. The minimum atomic E-state index is -0.368. The van der Waals surface area contributed by atoms with Gasteiger partial charge in [-0.3, -0.25) is 14.6 Å². The van der Waals surface area contributed by atoms with Crippen molar-refractivity contribution >= 4 is 52.2 Å². The van der Waals surface area contributed by atoms with Crippen molar-refractivity contribution in [2.45, 2.75) is 32.1 Å². The van der Waals surface area contributed by atoms with Crippen LogP contribution < -0.4 is 16.0 Å². The molecule has 0 saturated carbocycles. The van der Waals surface area contributed by atoms with E-state index in [1.54, 1.807) is 11.1 Å². The Balaban J connectivity index is 1.13. The van der Waals surface area contributed by atoms with Crippen LogP contribution in [0.5, 0.6) is 0 Å². The Morgan fingerprint density at radius 2 is 1.79 bits per heavy atom. The number of rotatable bonds is 4. The van der Waals surface area contributed by atoms with E-state index in [9.17, 15) is 14.0 Å². The number of halogens is 2. The zero-order valence-corrected chi connectivity index (χ0v) is 23.5. The second kappa shape index (κ2) is 12.1. The lowest BCUT2D eigenvalue weighted by Gasteiger charge is -2.32. The van der Waals surface area contributed by atoms with Crippen molar-refractivity contribution in [3.8, 4) is 0 Å². The number of hydrogen-bond donors (Lipinski definition) is 3. The summed E-state index contributed by atoms with van der Waals surface area (Å²) in [7, 11) is 0. The third-order valence-corrected chi connectivity index (χ3v) is 7.86. The van der Waals surface area contributed by atoms with Crippen molar-refractivity contribution in [3.63, 3.8) is 0 Å². The van der Waals surface area contributed by atoms with E-state index >= 15 is 0 Å². The van der Waals surface area contributed by atoms with Crippen LogP contribution in [-0.4, -0.2) is 44.8 Å². The van der Waals surface area contributed by atoms with Gasteiger partial charge in [-0.25, -0.2) is 9.37 Å². The number of likely N-dealkylation sites (tertiary alicyclic amines) is 1. The fraction of sp³-hybridized carbons (Fsp3) is 0.258. The Bertz CT molecular complexity index is 1620. The highest BCUT2D eigenvalue weighted by Crippen LogP contribution is 2.30. The number of hydrogen-bond acceptors (Lipinski definition) is 7. The Kier molecular flexibility index (Phi) is 7.96. The molecule has 4 aromatic rings. The maximum absolute atomic E-state index is 13.2. The first kappa shape index (κ1) is 27.6. The van der Waals surface area contributed by atoms with Gasteiger partial charge in [0, 0.05) is 42.6 Å². The van der Waals surface area contributed by atoms with E-state index < -0.39 is 0 Å². The van der Waals surface area contributed by atoms with Gasteiger partial charge in [0.2, 0.25) is 11.9 Å². The van der Waals surface area contributed by atoms with Gasteiger partial charge in [0.05, 0.1) is 18.1 Å². The minimum absolute atomic E-state index is 0.0606. The normalized spacial score (nSPS) is 14.9. The van der Waals surface area contributed by atoms with E-state index in [2.05, 4.69) is 30.9 Å². The summed E-state index contributed by atoms with van der Waals surface area (Å²) in [6, 6.07) is 13.4. The summed E-state index contributed by atoms with van der Waals surface area (Å²) in [5.41, 5.74) is 4.78. The number of piperidine rings is 1. The van der Waals surface area contributed by atoms with Crippen molar-refractivity contribution in [1.29, 1.82) is 0 Å². The number of aromatic nitrogens is 3. The molecule has 6 bridgehead atoms. The third-order valence-electron chi connectivity index (χ3n) is 7.59. The van der Waals surface area contributed by atoms with Gasteiger partial charge in [0.15, 0.2) is 5.82 Å². The van der Waals surface area contributed by atoms with Crippen LogP contribution in [0.1, 0.15) is 40.7 Å². The lowest BCUT2D eigenvalue weighted by Crippen LogP contribution is -2.39. The van der Waals surface area contributed by atoms with Gasteiger partial charge < -0.3 is 20.9 Å². The van der Waals surface area contributed by atoms with Gasteiger partial charge in [-0.15, -0.1) is 0 Å². The van der Waals surface area contributed by atoms with Crippen LogP contribution in [0.2, 0.25) is 5.02 Å². The van der Waals surface area contributed by atoms with Crippen molar-refractivity contribution in [2.75, 3.05) is 29.0 Å². The molecule has 2 aromatic carbocycles. The van der Waals surface area contributed by atoms with Crippen LogP contribution in [-0.2, 0) is 17.6 Å². The summed E-state index contributed by atoms with van der Waals surface area (Å²) in [6.45, 7) is 1.13. The van der Waals surface area contributed by atoms with Gasteiger partial charge in [-0.05, 0) is 91.3 Å². The molecule has 2 aromatic heterocycles. The Labute approximate surface area is 247 Å². The molecule has 11 heteroatoms. The molecule has 0 aliphatic carbocycles. The number of carbonyl (C=O) groups is 2. The quantitative estimate of drug-likeness (QED) is 0.264. The second-order valence-electron chi connectivity index (χ2n) is 10.6. The van der Waals surface area contributed by atoms with Crippen molar-refractivity contribution < 1.29 is 14.0 Å². The van der Waals surface area contributed by atoms with Gasteiger partial charge in [0.25, 0.3) is 5.91 Å². The van der Waals surface area contributed by atoms with E-state index in [1.165, 1.54) is 30.5 Å². The molecule has 0 radical (unpaired) electrons. The lowest BCUT2D eigenvalue weighted by atomic mass is 9.92. The fourth-order valence-electron chi connectivity index (χ4n) is 5.33. The van der Waals surface area contributed by atoms with E-state index in [4.69, 9.17) is 11.6 Å². The van der Waals surface area contributed by atoms with Crippen molar-refractivity contribution in [1.82, 2.24) is 19.9 Å². The number of amides is 2. The molecule has 6 rings (SSSR count). The molecule has 1 saturated heterocycles. The molecule has 214 valence electrons. The number of benzene rings is 2. The third kappa shape index (κ3) is 6.49. The first-order valence-corrected chi connectivity index (χ1v) is 14.3. The lowest BCUT2D eigenvalue weighted by molar-refractivity contribution is -0.117. The zero-order chi connectivity index (χ0) is 29.1. The number of aryl methyl sites for hydroxylation is 2. The summed E-state index contributed by atoms with van der Waals surface area (Å²) in [5.74, 6) is 0.493. The molecule has 0 spiro atoms. The second-order valence-corrected chi connectivity index (χ2v) is 11.0. The SMILES string of the molecule is O=C(CC1CCN(C(=O)c2ccc(F)cc2)CC1)Nc1ccc2cc1CCc1cncc(c1)Nc1ncc(Cl)c(n1)N2. The maximum atomic E-state index is 13.2. The largest absolute Gasteiger partial charge is 0.339 e. The Morgan fingerprint density at radius 1 is 0.976 bits per heavy atom. The van der Waals surface area contributed by atoms with E-state index in [-0.39, 0.29) is 23.5 Å². The summed E-state index contributed by atoms with van der Waals surface area (Å²) >= 11 is 6.37. The highest BCUT2D eigenvalue weighted by atomic mass is 35.5. The molecule has 1 fully saturated rings. The molecule has 4 heterocycles. The summed E-state index contributed by atoms with van der Waals surface area (Å²) in [4.78, 5) is 40.8. The molecule has 2 aliphatic rings. The molecule has 0 unspecified atom stereocenters. The number of anilines is 5. The maximum Gasteiger partial charge on any atom is 0.253 e. The topological polar surface area (TPSA) is 112 Å². The van der Waals surface area contributed by atoms with Crippen LogP contribution in [0.15, 0.2) is 67.1 Å². The predicted molar refractivity (Wildman–Crippen MR) is 160 cm³/mol. The molecule has 0 atom stereocenters. The summed E-state index contributed by atoms with van der Waals surface area (Å²) < 4.78 is 13.2. The van der Waals surface area contributed by atoms with Gasteiger partial charge >= 0.3 is 0 Å². The first-order valence-electron chi connectivity index (χ1n) is 13.9. The van der Waals surface area contributed by atoms with E-state index in [1.807, 2.05) is 30.5 Å². The van der Waals surface area contributed by atoms with Crippen LogP contribution in [0.4, 0.5) is 33.2 Å². The number of fused-ring (bicyclic) bond motifs is 6. The molecule has 3 N–H and O–H groups in total. The van der Waals surface area contributed by atoms with Gasteiger partial charge in [-0.1, -0.05) is 11.6 Å². The molecule has 2 aliphatic heterocycles. The van der Waals surface area contributed by atoms with Crippen LogP contribution in [0.25, 0.3) is 0 Å². The standard InChI is InChI=1S/C31H29ClFN7O2/c32-26-18-35-31-37-25-13-20(16-34-17-25)1-2-22-15-24(36-29(26)39-31)7-8-27(22)38-28(41)14-19-9-11-40(12-10-19)30(42)21-3-5-23(33)6-4-21/h3-8,13,15-19H,1-2,9-12,14H2,(H,38,41)(H2,35,36,37,39). The zero-order valence-electron chi connectivity index (χ0n) is 22.7.